The van der Waals surface area contributed by atoms with Crippen LogP contribution in [-0.2, 0) is 0 Å². The molecule has 0 bridgehead atoms. The summed E-state index contributed by atoms with van der Waals surface area (Å²) < 4.78 is 0. The molecule has 0 aliphatic heterocycles. The molecule has 2 N–H and O–H groups in total. The van der Waals surface area contributed by atoms with Gasteiger partial charge in [0.05, 0.1) is 0 Å². The summed E-state index contributed by atoms with van der Waals surface area (Å²) >= 11 is 0. The molecular formula is C10H23NO. The third kappa shape index (κ3) is 6.62. The van der Waals surface area contributed by atoms with E-state index >= 15 is 0 Å². The van der Waals surface area contributed by atoms with Gasteiger partial charge in [0.1, 0.15) is 0 Å². The fraction of sp³-hybridized carbons (Fsp3) is 1.00. The standard InChI is InChI=1S/C8H17N.C2H6O/c1-9-8-6-4-2-3-5-7-8;1-2-3/h8-9H,2-7H2,1H3;3H,2H2,1H3. The van der Waals surface area contributed by atoms with Crippen molar-refractivity contribution in [2.45, 2.75) is 51.5 Å². The Kier molecular flexibility index (Phi) is 8.95. The van der Waals surface area contributed by atoms with Crippen molar-refractivity contribution in [1.29, 1.82) is 0 Å². The van der Waals surface area contributed by atoms with Crippen LogP contribution in [0.1, 0.15) is 45.4 Å². The van der Waals surface area contributed by atoms with Gasteiger partial charge in [-0.2, -0.15) is 0 Å². The lowest BCUT2D eigenvalue weighted by molar-refractivity contribution is 0.318. The third-order valence-electron chi connectivity index (χ3n) is 2.26. The van der Waals surface area contributed by atoms with Crippen molar-refractivity contribution >= 4 is 0 Å². The Morgan fingerprint density at radius 3 is 1.92 bits per heavy atom. The summed E-state index contributed by atoms with van der Waals surface area (Å²) in [6, 6.07) is 0.826. The maximum Gasteiger partial charge on any atom is 0.0402 e. The summed E-state index contributed by atoms with van der Waals surface area (Å²) in [5.41, 5.74) is 0. The van der Waals surface area contributed by atoms with E-state index in [9.17, 15) is 0 Å². The van der Waals surface area contributed by atoms with Crippen molar-refractivity contribution in [3.05, 3.63) is 0 Å². The molecule has 1 aliphatic carbocycles. The number of nitrogens with one attached hydrogen (secondary N) is 1. The lowest BCUT2D eigenvalue weighted by atomic mass is 10.1. The quantitative estimate of drug-likeness (QED) is 0.594. The number of aliphatic hydroxyl groups is 1. The van der Waals surface area contributed by atoms with Gasteiger partial charge in [-0.15, -0.1) is 0 Å². The first-order chi connectivity index (χ1) is 5.85. The minimum absolute atomic E-state index is 0.250. The number of rotatable bonds is 1. The molecule has 1 fully saturated rings. The topological polar surface area (TPSA) is 32.3 Å². The number of hydrogen-bond donors (Lipinski definition) is 2. The van der Waals surface area contributed by atoms with Gasteiger partial charge in [-0.25, -0.2) is 0 Å². The van der Waals surface area contributed by atoms with Crippen LogP contribution in [0.15, 0.2) is 0 Å². The van der Waals surface area contributed by atoms with Crippen LogP contribution in [0.2, 0.25) is 0 Å². The Balaban J connectivity index is 0.000000354. The highest BCUT2D eigenvalue weighted by Crippen LogP contribution is 2.16. The van der Waals surface area contributed by atoms with E-state index in [1.807, 2.05) is 0 Å². The molecule has 0 heterocycles. The fourth-order valence-corrected chi connectivity index (χ4v) is 1.57. The van der Waals surface area contributed by atoms with Gasteiger partial charge in [-0.05, 0) is 26.8 Å². The van der Waals surface area contributed by atoms with E-state index in [0.29, 0.717) is 0 Å². The zero-order valence-corrected chi connectivity index (χ0v) is 8.47. The van der Waals surface area contributed by atoms with Gasteiger partial charge in [0.15, 0.2) is 0 Å². The smallest absolute Gasteiger partial charge is 0.0402 e. The van der Waals surface area contributed by atoms with Gasteiger partial charge in [0.25, 0.3) is 0 Å². The van der Waals surface area contributed by atoms with Crippen molar-refractivity contribution in [2.75, 3.05) is 13.7 Å². The van der Waals surface area contributed by atoms with Crippen LogP contribution in [-0.4, -0.2) is 24.8 Å². The van der Waals surface area contributed by atoms with Crippen LogP contribution in [0.3, 0.4) is 0 Å². The maximum atomic E-state index is 7.57. The van der Waals surface area contributed by atoms with Crippen molar-refractivity contribution in [2.24, 2.45) is 0 Å². The molecule has 2 nitrogen and oxygen atoms in total. The van der Waals surface area contributed by atoms with Crippen molar-refractivity contribution in [1.82, 2.24) is 5.32 Å². The molecule has 1 saturated carbocycles. The Labute approximate surface area is 76.4 Å². The van der Waals surface area contributed by atoms with Crippen LogP contribution >= 0.6 is 0 Å². The SMILES string of the molecule is CCO.CNC1CCCCCC1. The summed E-state index contributed by atoms with van der Waals surface area (Å²) in [4.78, 5) is 0. The summed E-state index contributed by atoms with van der Waals surface area (Å²) in [6.07, 6.45) is 8.58. The molecule has 1 rings (SSSR count). The molecule has 0 aromatic rings. The molecule has 2 heteroatoms. The third-order valence-corrected chi connectivity index (χ3v) is 2.26. The summed E-state index contributed by atoms with van der Waals surface area (Å²) in [6.45, 7) is 1.93. The first-order valence-electron chi connectivity index (χ1n) is 5.13. The van der Waals surface area contributed by atoms with Crippen molar-refractivity contribution < 1.29 is 5.11 Å². The molecule has 12 heavy (non-hydrogen) atoms. The van der Waals surface area contributed by atoms with E-state index in [2.05, 4.69) is 12.4 Å². The minimum Gasteiger partial charge on any atom is -0.397 e. The lowest BCUT2D eigenvalue weighted by Crippen LogP contribution is -2.23. The average Bonchev–Trinajstić information content (AvgIpc) is 2.33. The lowest BCUT2D eigenvalue weighted by Gasteiger charge is -2.10. The zero-order chi connectivity index (χ0) is 9.23. The van der Waals surface area contributed by atoms with Crippen LogP contribution in [0.4, 0.5) is 0 Å². The number of hydrogen-bond acceptors (Lipinski definition) is 2. The largest absolute Gasteiger partial charge is 0.397 e. The normalized spacial score (nSPS) is 19.2. The second kappa shape index (κ2) is 9.01. The monoisotopic (exact) mass is 173 g/mol. The van der Waals surface area contributed by atoms with Crippen LogP contribution in [0.25, 0.3) is 0 Å². The van der Waals surface area contributed by atoms with E-state index in [-0.39, 0.29) is 6.61 Å². The molecule has 74 valence electrons. The first-order valence-corrected chi connectivity index (χ1v) is 5.13. The van der Waals surface area contributed by atoms with Crippen molar-refractivity contribution in [3.63, 3.8) is 0 Å². The Hall–Kier alpha value is -0.0800. The predicted octanol–water partition coefficient (Wildman–Crippen LogP) is 1.93. The minimum atomic E-state index is 0.250. The highest BCUT2D eigenvalue weighted by Gasteiger charge is 2.08. The number of aliphatic hydroxyl groups excluding tert-OH is 1. The van der Waals surface area contributed by atoms with E-state index in [4.69, 9.17) is 5.11 Å². The van der Waals surface area contributed by atoms with Gasteiger partial charge < -0.3 is 10.4 Å². The molecule has 0 unspecified atom stereocenters. The molecule has 0 aromatic carbocycles. The molecule has 0 amide bonds. The summed E-state index contributed by atoms with van der Waals surface area (Å²) in [5, 5.41) is 10.9. The second-order valence-electron chi connectivity index (χ2n) is 3.29. The molecule has 0 saturated heterocycles. The second-order valence-corrected chi connectivity index (χ2v) is 3.29. The van der Waals surface area contributed by atoms with Crippen LogP contribution in [0, 0.1) is 0 Å². The van der Waals surface area contributed by atoms with Gasteiger partial charge in [0.2, 0.25) is 0 Å². The van der Waals surface area contributed by atoms with E-state index in [1.54, 1.807) is 6.92 Å². The van der Waals surface area contributed by atoms with E-state index in [1.165, 1.54) is 38.5 Å². The predicted molar refractivity (Wildman–Crippen MR) is 53.3 cm³/mol. The van der Waals surface area contributed by atoms with Crippen molar-refractivity contribution in [3.8, 4) is 0 Å². The Morgan fingerprint density at radius 1 is 1.17 bits per heavy atom. The Bertz CT molecular complexity index is 77.9. The molecule has 0 radical (unpaired) electrons. The highest BCUT2D eigenvalue weighted by molar-refractivity contribution is 4.67. The molecule has 0 atom stereocenters. The molecule has 0 aromatic heterocycles. The highest BCUT2D eigenvalue weighted by atomic mass is 16.2. The maximum absolute atomic E-state index is 7.57. The molecule has 1 aliphatic rings. The van der Waals surface area contributed by atoms with Gasteiger partial charge in [0, 0.05) is 12.6 Å². The Morgan fingerprint density at radius 2 is 1.58 bits per heavy atom. The summed E-state index contributed by atoms with van der Waals surface area (Å²) in [7, 11) is 2.08. The van der Waals surface area contributed by atoms with Crippen LogP contribution < -0.4 is 5.32 Å². The zero-order valence-electron chi connectivity index (χ0n) is 8.47. The van der Waals surface area contributed by atoms with Gasteiger partial charge in [-0.1, -0.05) is 25.7 Å². The first kappa shape index (κ1) is 11.9. The summed E-state index contributed by atoms with van der Waals surface area (Å²) in [5.74, 6) is 0. The van der Waals surface area contributed by atoms with Crippen LogP contribution in [0.5, 0.6) is 0 Å². The van der Waals surface area contributed by atoms with E-state index < -0.39 is 0 Å². The molecular weight excluding hydrogens is 150 g/mol. The van der Waals surface area contributed by atoms with E-state index in [0.717, 1.165) is 6.04 Å². The van der Waals surface area contributed by atoms with Gasteiger partial charge in [-0.3, -0.25) is 0 Å². The average molecular weight is 173 g/mol. The van der Waals surface area contributed by atoms with Gasteiger partial charge >= 0.3 is 0 Å². The molecule has 0 spiro atoms. The fourth-order valence-electron chi connectivity index (χ4n) is 1.57.